The quantitative estimate of drug-likeness (QED) is 0.413. The summed E-state index contributed by atoms with van der Waals surface area (Å²) in [6.45, 7) is 1.26. The Bertz CT molecular complexity index is 303. The predicted molar refractivity (Wildman–Crippen MR) is 41.2 cm³/mol. The summed E-state index contributed by atoms with van der Waals surface area (Å²) < 4.78 is 40.0. The van der Waals surface area contributed by atoms with Crippen LogP contribution in [0.25, 0.3) is 0 Å². The van der Waals surface area contributed by atoms with Crippen LogP contribution in [-0.4, -0.2) is 18.8 Å². The molecule has 0 aromatic rings. The Labute approximate surface area is 82.7 Å². The fraction of sp³-hybridized carbons (Fsp3) is 0.429. The normalized spacial score (nSPS) is 12.9. The first-order valence-corrected chi connectivity index (χ1v) is 3.76. The van der Waals surface area contributed by atoms with Gasteiger partial charge in [-0.1, -0.05) is 11.6 Å². The molecule has 0 bridgehead atoms. The van der Waals surface area contributed by atoms with E-state index in [-0.39, 0.29) is 6.61 Å². The molecule has 7 heteroatoms. The number of esters is 1. The van der Waals surface area contributed by atoms with Crippen LogP contribution in [0.3, 0.4) is 0 Å². The van der Waals surface area contributed by atoms with Gasteiger partial charge in [0.05, 0.1) is 6.61 Å². The third kappa shape index (κ3) is 3.26. The highest BCUT2D eigenvalue weighted by Crippen LogP contribution is 2.31. The van der Waals surface area contributed by atoms with E-state index in [1.807, 2.05) is 0 Å². The molecule has 0 amide bonds. The number of halogens is 4. The molecule has 0 radical (unpaired) electrons. The number of alkyl halides is 3. The van der Waals surface area contributed by atoms with Gasteiger partial charge in [0.15, 0.2) is 5.57 Å². The number of rotatable bonds is 2. The van der Waals surface area contributed by atoms with E-state index in [1.165, 1.54) is 6.92 Å². The fourth-order valence-corrected chi connectivity index (χ4v) is 0.649. The minimum absolute atomic E-state index is 0.133. The number of carbonyl (C=O) groups excluding carboxylic acids is 1. The SMILES string of the molecule is CCOC(=O)/C(C#N)=C(\Cl)C(F)(F)F. The maximum absolute atomic E-state index is 11.9. The van der Waals surface area contributed by atoms with E-state index in [9.17, 15) is 18.0 Å². The standard InChI is InChI=1S/C7H5ClF3NO2/c1-2-14-6(13)4(3-12)5(8)7(9,10)11/h2H2,1H3/b5-4-. The van der Waals surface area contributed by atoms with Gasteiger partial charge >= 0.3 is 12.1 Å². The molecule has 0 fully saturated rings. The highest BCUT2D eigenvalue weighted by Gasteiger charge is 2.37. The number of ether oxygens (including phenoxy) is 1. The van der Waals surface area contributed by atoms with Crippen molar-refractivity contribution < 1.29 is 22.7 Å². The van der Waals surface area contributed by atoms with Crippen molar-refractivity contribution in [2.24, 2.45) is 0 Å². The van der Waals surface area contributed by atoms with Crippen LogP contribution in [0, 0.1) is 11.3 Å². The van der Waals surface area contributed by atoms with Gasteiger partial charge in [-0.15, -0.1) is 0 Å². The summed E-state index contributed by atoms with van der Waals surface area (Å²) in [7, 11) is 0. The number of hydrogen-bond acceptors (Lipinski definition) is 3. The second kappa shape index (κ2) is 4.86. The molecule has 0 atom stereocenters. The number of carbonyl (C=O) groups is 1. The number of hydrogen-bond donors (Lipinski definition) is 0. The van der Waals surface area contributed by atoms with Crippen molar-refractivity contribution in [1.82, 2.24) is 0 Å². The zero-order chi connectivity index (χ0) is 11.4. The lowest BCUT2D eigenvalue weighted by Crippen LogP contribution is -2.15. The Balaban J connectivity index is 5.08. The molecule has 0 saturated carbocycles. The maximum Gasteiger partial charge on any atom is 0.428 e. The predicted octanol–water partition coefficient (Wildman–Crippen LogP) is 2.13. The Morgan fingerprint density at radius 3 is 2.36 bits per heavy atom. The van der Waals surface area contributed by atoms with Gasteiger partial charge in [-0.05, 0) is 6.92 Å². The Kier molecular flexibility index (Phi) is 4.44. The van der Waals surface area contributed by atoms with Crippen LogP contribution in [0.4, 0.5) is 13.2 Å². The molecule has 0 aliphatic carbocycles. The van der Waals surface area contributed by atoms with Crippen molar-refractivity contribution in [3.63, 3.8) is 0 Å². The van der Waals surface area contributed by atoms with E-state index >= 15 is 0 Å². The van der Waals surface area contributed by atoms with E-state index < -0.39 is 22.8 Å². The second-order valence-electron chi connectivity index (χ2n) is 2.02. The average molecular weight is 228 g/mol. The highest BCUT2D eigenvalue weighted by molar-refractivity contribution is 6.33. The first kappa shape index (κ1) is 12.8. The molecule has 14 heavy (non-hydrogen) atoms. The van der Waals surface area contributed by atoms with E-state index in [4.69, 9.17) is 16.9 Å². The molecule has 0 aliphatic rings. The smallest absolute Gasteiger partial charge is 0.428 e. The minimum atomic E-state index is -4.92. The molecule has 0 aromatic heterocycles. The zero-order valence-corrected chi connectivity index (χ0v) is 7.74. The van der Waals surface area contributed by atoms with Gasteiger partial charge in [0, 0.05) is 0 Å². The largest absolute Gasteiger partial charge is 0.462 e. The van der Waals surface area contributed by atoms with Gasteiger partial charge in [-0.2, -0.15) is 18.4 Å². The first-order chi connectivity index (χ1) is 6.34. The number of nitrogens with zero attached hydrogens (tertiary/aromatic N) is 1. The maximum atomic E-state index is 11.9. The Morgan fingerprint density at radius 2 is 2.07 bits per heavy atom. The number of nitriles is 1. The van der Waals surface area contributed by atoms with Crippen LogP contribution in [0.15, 0.2) is 10.6 Å². The van der Waals surface area contributed by atoms with E-state index in [0.717, 1.165) is 6.07 Å². The summed E-state index contributed by atoms with van der Waals surface area (Å²) in [6, 6.07) is 1.05. The monoisotopic (exact) mass is 227 g/mol. The lowest BCUT2D eigenvalue weighted by Gasteiger charge is -2.06. The van der Waals surface area contributed by atoms with E-state index in [0.29, 0.717) is 0 Å². The van der Waals surface area contributed by atoms with Crippen LogP contribution in [-0.2, 0) is 9.53 Å². The van der Waals surface area contributed by atoms with Gasteiger partial charge < -0.3 is 4.74 Å². The van der Waals surface area contributed by atoms with Gasteiger partial charge in [-0.3, -0.25) is 0 Å². The van der Waals surface area contributed by atoms with Gasteiger partial charge in [0.1, 0.15) is 11.1 Å². The zero-order valence-electron chi connectivity index (χ0n) is 6.98. The number of allylic oxidation sites excluding steroid dienone is 1. The molecule has 0 saturated heterocycles. The van der Waals surface area contributed by atoms with Crippen molar-refractivity contribution in [1.29, 1.82) is 5.26 Å². The molecule has 0 heterocycles. The third-order valence-electron chi connectivity index (χ3n) is 1.06. The molecular formula is C7H5ClF3NO2. The van der Waals surface area contributed by atoms with Crippen molar-refractivity contribution in [2.75, 3.05) is 6.61 Å². The van der Waals surface area contributed by atoms with Crippen LogP contribution >= 0.6 is 11.6 Å². The summed E-state index contributed by atoms with van der Waals surface area (Å²) in [4.78, 5) is 10.8. The van der Waals surface area contributed by atoms with Gasteiger partial charge in [0.25, 0.3) is 0 Å². The molecule has 0 unspecified atom stereocenters. The third-order valence-corrected chi connectivity index (χ3v) is 1.46. The van der Waals surface area contributed by atoms with Crippen LogP contribution < -0.4 is 0 Å². The van der Waals surface area contributed by atoms with Crippen molar-refractivity contribution >= 4 is 17.6 Å². The molecule has 0 N–H and O–H groups in total. The van der Waals surface area contributed by atoms with Gasteiger partial charge in [0.2, 0.25) is 0 Å². The van der Waals surface area contributed by atoms with Crippen molar-refractivity contribution in [3.8, 4) is 6.07 Å². The molecule has 78 valence electrons. The summed E-state index contributed by atoms with van der Waals surface area (Å²) in [5.41, 5.74) is -1.24. The topological polar surface area (TPSA) is 50.1 Å². The van der Waals surface area contributed by atoms with Crippen LogP contribution in [0.5, 0.6) is 0 Å². The lowest BCUT2D eigenvalue weighted by molar-refractivity contribution is -0.139. The summed E-state index contributed by atoms with van der Waals surface area (Å²) in [6.07, 6.45) is -4.92. The van der Waals surface area contributed by atoms with E-state index in [1.54, 1.807) is 0 Å². The summed E-state index contributed by atoms with van der Waals surface area (Å²) >= 11 is 4.78. The molecular weight excluding hydrogens is 223 g/mol. The highest BCUT2D eigenvalue weighted by atomic mass is 35.5. The molecule has 0 rings (SSSR count). The average Bonchev–Trinajstić information content (AvgIpc) is 2.04. The molecule has 0 spiro atoms. The summed E-state index contributed by atoms with van der Waals surface area (Å²) in [5.74, 6) is -1.38. The second-order valence-corrected chi connectivity index (χ2v) is 2.40. The first-order valence-electron chi connectivity index (χ1n) is 3.38. The van der Waals surface area contributed by atoms with Crippen molar-refractivity contribution in [3.05, 3.63) is 10.6 Å². The van der Waals surface area contributed by atoms with E-state index in [2.05, 4.69) is 4.74 Å². The minimum Gasteiger partial charge on any atom is -0.462 e. The fourth-order valence-electron chi connectivity index (χ4n) is 0.529. The Morgan fingerprint density at radius 1 is 1.57 bits per heavy atom. The molecule has 0 aliphatic heterocycles. The lowest BCUT2D eigenvalue weighted by atomic mass is 10.2. The van der Waals surface area contributed by atoms with Gasteiger partial charge in [-0.25, -0.2) is 4.79 Å². The molecule has 3 nitrogen and oxygen atoms in total. The van der Waals surface area contributed by atoms with Crippen LogP contribution in [0.1, 0.15) is 6.92 Å². The van der Waals surface area contributed by atoms with Crippen molar-refractivity contribution in [2.45, 2.75) is 13.1 Å². The Hall–Kier alpha value is -1.22. The molecule has 0 aromatic carbocycles. The summed E-state index contributed by atoms with van der Waals surface area (Å²) in [5, 5.41) is 6.50. The van der Waals surface area contributed by atoms with Crippen LogP contribution in [0.2, 0.25) is 0 Å².